The molecule has 1 aliphatic heterocycles. The van der Waals surface area contributed by atoms with Crippen LogP contribution in [0.1, 0.15) is 0 Å². The first-order valence-electron chi connectivity index (χ1n) is 2.88. The third-order valence-electron chi connectivity index (χ3n) is 1.26. The van der Waals surface area contributed by atoms with E-state index in [1.54, 1.807) is 0 Å². The highest BCUT2D eigenvalue weighted by atomic mass is 16.8. The van der Waals surface area contributed by atoms with E-state index in [9.17, 15) is 4.79 Å². The van der Waals surface area contributed by atoms with E-state index in [0.717, 1.165) is 0 Å². The van der Waals surface area contributed by atoms with Crippen LogP contribution >= 0.6 is 0 Å². The van der Waals surface area contributed by atoms with Crippen molar-refractivity contribution in [1.82, 2.24) is 0 Å². The van der Waals surface area contributed by atoms with Crippen molar-refractivity contribution < 1.29 is 19.4 Å². The van der Waals surface area contributed by atoms with Gasteiger partial charge in [-0.25, -0.2) is 4.79 Å². The summed E-state index contributed by atoms with van der Waals surface area (Å²) in [6.45, 7) is 3.17. The second-order valence-electron chi connectivity index (χ2n) is 1.91. The van der Waals surface area contributed by atoms with Crippen molar-refractivity contribution in [2.75, 3.05) is 6.61 Å². The van der Waals surface area contributed by atoms with Crippen LogP contribution in [0.2, 0.25) is 0 Å². The molecule has 0 unspecified atom stereocenters. The molecule has 0 aliphatic carbocycles. The van der Waals surface area contributed by atoms with E-state index in [1.807, 2.05) is 0 Å². The van der Waals surface area contributed by atoms with Crippen LogP contribution in [-0.4, -0.2) is 30.1 Å². The number of hydrogen-bond donors (Lipinski definition) is 1. The summed E-state index contributed by atoms with van der Waals surface area (Å²) in [5, 5.41) is 8.58. The molecule has 0 aromatic carbocycles. The molecule has 0 spiro atoms. The molecule has 1 heterocycles. The topological polar surface area (TPSA) is 55.8 Å². The van der Waals surface area contributed by atoms with E-state index < -0.39 is 18.4 Å². The van der Waals surface area contributed by atoms with Crippen LogP contribution in [0, 0.1) is 0 Å². The highest BCUT2D eigenvalue weighted by molar-refractivity contribution is 5.62. The molecule has 10 heavy (non-hydrogen) atoms. The van der Waals surface area contributed by atoms with Crippen molar-refractivity contribution in [3.63, 3.8) is 0 Å². The molecule has 4 nitrogen and oxygen atoms in total. The maximum atomic E-state index is 10.4. The summed E-state index contributed by atoms with van der Waals surface area (Å²) in [6.07, 6.45) is -0.405. The number of carbonyl (C=O) groups excluding carboxylic acids is 1. The fraction of sp³-hybridized carbons (Fsp3) is 0.500. The lowest BCUT2D eigenvalue weighted by Crippen LogP contribution is -2.23. The number of aliphatic hydroxyl groups excluding tert-OH is 1. The largest absolute Gasteiger partial charge is 0.509 e. The molecule has 2 atom stereocenters. The van der Waals surface area contributed by atoms with Crippen molar-refractivity contribution in [2.24, 2.45) is 0 Å². The first-order valence-corrected chi connectivity index (χ1v) is 2.88. The molecule has 0 aromatic heterocycles. The Bertz CT molecular complexity index is 154. The molecule has 1 N–H and O–H groups in total. The zero-order valence-corrected chi connectivity index (χ0v) is 5.32. The Kier molecular flexibility index (Phi) is 1.91. The minimum Gasteiger partial charge on any atom is -0.424 e. The smallest absolute Gasteiger partial charge is 0.424 e. The van der Waals surface area contributed by atoms with Gasteiger partial charge in [0.15, 0.2) is 12.2 Å². The van der Waals surface area contributed by atoms with E-state index in [0.29, 0.717) is 0 Å². The summed E-state index contributed by atoms with van der Waals surface area (Å²) in [4.78, 5) is 10.4. The quantitative estimate of drug-likeness (QED) is 0.440. The van der Waals surface area contributed by atoms with E-state index in [1.165, 1.54) is 6.08 Å². The molecule has 1 fully saturated rings. The van der Waals surface area contributed by atoms with E-state index in [4.69, 9.17) is 5.11 Å². The molecule has 0 saturated carbocycles. The molecule has 1 aliphatic rings. The second kappa shape index (κ2) is 2.70. The highest BCUT2D eigenvalue weighted by Gasteiger charge is 2.33. The Hall–Kier alpha value is -1.03. The molecular formula is C6H8O4. The standard InChI is InChI=1S/C6H8O4/c1-2-4-5(3-7)10-6(8)9-4/h2,4-5,7H,1,3H2/t4-,5-/m0/s1. The zero-order chi connectivity index (χ0) is 7.56. The fourth-order valence-corrected chi connectivity index (χ4v) is 0.746. The fourth-order valence-electron chi connectivity index (χ4n) is 0.746. The van der Waals surface area contributed by atoms with Crippen LogP contribution in [0.3, 0.4) is 0 Å². The Morgan fingerprint density at radius 3 is 2.80 bits per heavy atom. The third kappa shape index (κ3) is 1.11. The Morgan fingerprint density at radius 2 is 2.40 bits per heavy atom. The Balaban J connectivity index is 2.56. The van der Waals surface area contributed by atoms with Crippen LogP contribution in [0.15, 0.2) is 12.7 Å². The number of aliphatic hydroxyl groups is 1. The van der Waals surface area contributed by atoms with Crippen LogP contribution in [0.25, 0.3) is 0 Å². The monoisotopic (exact) mass is 144 g/mol. The molecule has 56 valence electrons. The summed E-state index contributed by atoms with van der Waals surface area (Å²) in [5.74, 6) is 0. The Labute approximate surface area is 58.1 Å². The van der Waals surface area contributed by atoms with Gasteiger partial charge in [-0.2, -0.15) is 0 Å². The predicted octanol–water partition coefficient (Wildman–Crippen LogP) is 0.0687. The number of hydrogen-bond acceptors (Lipinski definition) is 4. The van der Waals surface area contributed by atoms with Gasteiger partial charge in [0, 0.05) is 0 Å². The average Bonchev–Trinajstić information content (AvgIpc) is 2.30. The number of rotatable bonds is 2. The zero-order valence-electron chi connectivity index (χ0n) is 5.32. The molecule has 0 amide bonds. The lowest BCUT2D eigenvalue weighted by Gasteiger charge is -2.06. The van der Waals surface area contributed by atoms with Crippen molar-refractivity contribution in [3.8, 4) is 0 Å². The summed E-state index contributed by atoms with van der Waals surface area (Å²) >= 11 is 0. The molecule has 1 rings (SSSR count). The van der Waals surface area contributed by atoms with Crippen LogP contribution in [0.4, 0.5) is 4.79 Å². The molecule has 4 heteroatoms. The molecule has 0 bridgehead atoms. The lowest BCUT2D eigenvalue weighted by molar-refractivity contribution is 0.0884. The number of carbonyl (C=O) groups is 1. The molecular weight excluding hydrogens is 136 g/mol. The highest BCUT2D eigenvalue weighted by Crippen LogP contribution is 2.14. The predicted molar refractivity (Wildman–Crippen MR) is 32.4 cm³/mol. The van der Waals surface area contributed by atoms with E-state index in [-0.39, 0.29) is 6.61 Å². The van der Waals surface area contributed by atoms with Gasteiger partial charge in [0.2, 0.25) is 0 Å². The first kappa shape index (κ1) is 7.08. The van der Waals surface area contributed by atoms with E-state index >= 15 is 0 Å². The third-order valence-corrected chi connectivity index (χ3v) is 1.26. The SMILES string of the molecule is C=C[C@@H]1OC(=O)O[C@H]1CO. The minimum atomic E-state index is -0.746. The molecule has 0 aromatic rings. The average molecular weight is 144 g/mol. The second-order valence-corrected chi connectivity index (χ2v) is 1.91. The Morgan fingerprint density at radius 1 is 1.70 bits per heavy atom. The van der Waals surface area contributed by atoms with Gasteiger partial charge < -0.3 is 14.6 Å². The van der Waals surface area contributed by atoms with Crippen LogP contribution in [0.5, 0.6) is 0 Å². The van der Waals surface area contributed by atoms with E-state index in [2.05, 4.69) is 16.1 Å². The maximum absolute atomic E-state index is 10.4. The molecule has 0 radical (unpaired) electrons. The van der Waals surface area contributed by atoms with Gasteiger partial charge in [-0.15, -0.1) is 0 Å². The van der Waals surface area contributed by atoms with Crippen molar-refractivity contribution in [2.45, 2.75) is 12.2 Å². The number of cyclic esters (lactones) is 2. The van der Waals surface area contributed by atoms with Gasteiger partial charge in [0.1, 0.15) is 0 Å². The van der Waals surface area contributed by atoms with Crippen molar-refractivity contribution in [3.05, 3.63) is 12.7 Å². The summed E-state index contributed by atoms with van der Waals surface area (Å²) in [7, 11) is 0. The van der Waals surface area contributed by atoms with Crippen molar-refractivity contribution in [1.29, 1.82) is 0 Å². The van der Waals surface area contributed by atoms with Gasteiger partial charge in [-0.05, 0) is 6.08 Å². The van der Waals surface area contributed by atoms with Gasteiger partial charge in [0.05, 0.1) is 6.61 Å². The van der Waals surface area contributed by atoms with Crippen LogP contribution < -0.4 is 0 Å². The van der Waals surface area contributed by atoms with Crippen LogP contribution in [-0.2, 0) is 9.47 Å². The van der Waals surface area contributed by atoms with Gasteiger partial charge in [-0.3, -0.25) is 0 Å². The lowest BCUT2D eigenvalue weighted by atomic mass is 10.2. The summed E-state index contributed by atoms with van der Waals surface area (Å²) in [6, 6.07) is 0. The van der Waals surface area contributed by atoms with Crippen molar-refractivity contribution >= 4 is 6.16 Å². The normalized spacial score (nSPS) is 31.1. The summed E-state index contributed by atoms with van der Waals surface area (Å²) < 4.78 is 9.11. The van der Waals surface area contributed by atoms with Gasteiger partial charge in [0.25, 0.3) is 0 Å². The minimum absolute atomic E-state index is 0.234. The number of ether oxygens (including phenoxy) is 2. The maximum Gasteiger partial charge on any atom is 0.509 e. The summed E-state index contributed by atoms with van der Waals surface area (Å²) in [5.41, 5.74) is 0. The molecule has 1 saturated heterocycles. The van der Waals surface area contributed by atoms with Gasteiger partial charge >= 0.3 is 6.16 Å². The van der Waals surface area contributed by atoms with Gasteiger partial charge in [-0.1, -0.05) is 6.58 Å². The first-order chi connectivity index (χ1) is 4.77.